The van der Waals surface area contributed by atoms with Crippen LogP contribution in [-0.4, -0.2) is 5.91 Å². The lowest BCUT2D eigenvalue weighted by atomic mass is 10.0. The molecule has 3 aromatic rings. The van der Waals surface area contributed by atoms with E-state index in [-0.39, 0.29) is 5.91 Å². The van der Waals surface area contributed by atoms with Crippen LogP contribution in [0.25, 0.3) is 11.6 Å². The van der Waals surface area contributed by atoms with Gasteiger partial charge in [0.1, 0.15) is 0 Å². The maximum atomic E-state index is 12.9. The first-order valence-electron chi connectivity index (χ1n) is 8.65. The van der Waals surface area contributed by atoms with Crippen molar-refractivity contribution < 1.29 is 18.0 Å². The number of nitrogens with one attached hydrogen (secondary N) is 1. The molecule has 142 valence electrons. The van der Waals surface area contributed by atoms with E-state index in [0.29, 0.717) is 22.4 Å². The van der Waals surface area contributed by atoms with Crippen molar-refractivity contribution >= 4 is 23.2 Å². The fourth-order valence-corrected chi connectivity index (χ4v) is 2.67. The molecule has 0 fully saturated rings. The molecule has 0 atom stereocenters. The van der Waals surface area contributed by atoms with Gasteiger partial charge in [-0.1, -0.05) is 60.2 Å². The van der Waals surface area contributed by atoms with Crippen molar-refractivity contribution in [2.45, 2.75) is 13.1 Å². The smallest absolute Gasteiger partial charge is 0.322 e. The molecule has 0 saturated carbocycles. The maximum Gasteiger partial charge on any atom is 0.416 e. The first-order valence-corrected chi connectivity index (χ1v) is 8.65. The van der Waals surface area contributed by atoms with Gasteiger partial charge in [-0.25, -0.2) is 0 Å². The predicted octanol–water partition coefficient (Wildman–Crippen LogP) is 6.19. The van der Waals surface area contributed by atoms with Gasteiger partial charge in [0.25, 0.3) is 5.91 Å². The molecular weight excluding hydrogens is 363 g/mol. The first kappa shape index (κ1) is 19.4. The number of halogens is 3. The summed E-state index contributed by atoms with van der Waals surface area (Å²) in [6.45, 7) is 1.95. The summed E-state index contributed by atoms with van der Waals surface area (Å²) in [4.78, 5) is 12.9. The lowest BCUT2D eigenvalue weighted by molar-refractivity contribution is -0.137. The molecule has 3 aromatic carbocycles. The molecule has 28 heavy (non-hydrogen) atoms. The number of anilines is 1. The second-order valence-corrected chi connectivity index (χ2v) is 6.36. The SMILES string of the molecule is Cc1ccc(NC(=O)C(=Cc2ccc(C(F)(F)F)cc2)c2ccccc2)cc1. The van der Waals surface area contributed by atoms with E-state index in [9.17, 15) is 18.0 Å². The van der Waals surface area contributed by atoms with E-state index in [1.807, 2.05) is 25.1 Å². The molecule has 0 unspecified atom stereocenters. The average Bonchev–Trinajstić information content (AvgIpc) is 2.68. The number of rotatable bonds is 4. The highest BCUT2D eigenvalue weighted by atomic mass is 19.4. The highest BCUT2D eigenvalue weighted by Gasteiger charge is 2.29. The van der Waals surface area contributed by atoms with E-state index in [1.54, 1.807) is 42.5 Å². The minimum Gasteiger partial charge on any atom is -0.322 e. The van der Waals surface area contributed by atoms with Crippen LogP contribution in [0.5, 0.6) is 0 Å². The summed E-state index contributed by atoms with van der Waals surface area (Å²) in [5.41, 5.74) is 2.53. The van der Waals surface area contributed by atoms with Crippen molar-refractivity contribution in [1.82, 2.24) is 0 Å². The molecule has 2 nitrogen and oxygen atoms in total. The molecule has 0 aliphatic carbocycles. The van der Waals surface area contributed by atoms with Crippen molar-refractivity contribution in [1.29, 1.82) is 0 Å². The molecule has 0 saturated heterocycles. The molecule has 0 bridgehead atoms. The van der Waals surface area contributed by atoms with Crippen LogP contribution in [-0.2, 0) is 11.0 Å². The number of carbonyl (C=O) groups is 1. The van der Waals surface area contributed by atoms with E-state index < -0.39 is 11.7 Å². The number of amides is 1. The monoisotopic (exact) mass is 381 g/mol. The molecule has 5 heteroatoms. The summed E-state index contributed by atoms with van der Waals surface area (Å²) in [5.74, 6) is -0.338. The van der Waals surface area contributed by atoms with Crippen LogP contribution in [0.4, 0.5) is 18.9 Å². The van der Waals surface area contributed by atoms with Gasteiger partial charge in [0.05, 0.1) is 5.56 Å². The minimum atomic E-state index is -4.40. The highest BCUT2D eigenvalue weighted by Crippen LogP contribution is 2.30. The summed E-state index contributed by atoms with van der Waals surface area (Å²) in [5, 5.41) is 2.84. The van der Waals surface area contributed by atoms with Gasteiger partial charge in [-0.15, -0.1) is 0 Å². The Balaban J connectivity index is 1.94. The van der Waals surface area contributed by atoms with Crippen molar-refractivity contribution in [3.8, 4) is 0 Å². The van der Waals surface area contributed by atoms with Crippen LogP contribution in [0, 0.1) is 6.92 Å². The Kier molecular flexibility index (Phi) is 5.64. The van der Waals surface area contributed by atoms with Gasteiger partial charge < -0.3 is 5.32 Å². The Morgan fingerprint density at radius 3 is 2.04 bits per heavy atom. The predicted molar refractivity (Wildman–Crippen MR) is 106 cm³/mol. The number of alkyl halides is 3. The second-order valence-electron chi connectivity index (χ2n) is 6.36. The zero-order valence-corrected chi connectivity index (χ0v) is 15.1. The van der Waals surface area contributed by atoms with E-state index in [2.05, 4.69) is 5.32 Å². The Hall–Kier alpha value is -3.34. The third-order valence-corrected chi connectivity index (χ3v) is 4.19. The minimum absolute atomic E-state index is 0.338. The Labute approximate surface area is 161 Å². The zero-order chi connectivity index (χ0) is 20.1. The third kappa shape index (κ3) is 4.88. The normalized spacial score (nSPS) is 11.9. The van der Waals surface area contributed by atoms with Crippen molar-refractivity contribution in [2.24, 2.45) is 0 Å². The fourth-order valence-electron chi connectivity index (χ4n) is 2.67. The van der Waals surface area contributed by atoms with Crippen LogP contribution in [0.15, 0.2) is 78.9 Å². The fraction of sp³-hybridized carbons (Fsp3) is 0.0870. The van der Waals surface area contributed by atoms with Gasteiger partial charge in [0, 0.05) is 11.3 Å². The molecule has 0 heterocycles. The third-order valence-electron chi connectivity index (χ3n) is 4.19. The van der Waals surface area contributed by atoms with E-state index in [0.717, 1.165) is 17.7 Å². The van der Waals surface area contributed by atoms with Crippen molar-refractivity contribution in [3.63, 3.8) is 0 Å². The van der Waals surface area contributed by atoms with Gasteiger partial charge in [-0.3, -0.25) is 4.79 Å². The van der Waals surface area contributed by atoms with E-state index >= 15 is 0 Å². The van der Waals surface area contributed by atoms with Crippen LogP contribution >= 0.6 is 0 Å². The summed E-state index contributed by atoms with van der Waals surface area (Å²) in [6, 6.07) is 21.1. The van der Waals surface area contributed by atoms with Crippen LogP contribution in [0.1, 0.15) is 22.3 Å². The summed E-state index contributed by atoms with van der Waals surface area (Å²) >= 11 is 0. The van der Waals surface area contributed by atoms with Gasteiger partial charge in [0.2, 0.25) is 0 Å². The lowest BCUT2D eigenvalue weighted by Crippen LogP contribution is -2.13. The highest BCUT2D eigenvalue weighted by molar-refractivity contribution is 6.29. The van der Waals surface area contributed by atoms with Crippen LogP contribution in [0.3, 0.4) is 0 Å². The molecule has 0 aliphatic rings. The standard InChI is InChI=1S/C23H18F3NO/c1-16-7-13-20(14-8-16)27-22(28)21(18-5-3-2-4-6-18)15-17-9-11-19(12-10-17)23(24,25)26/h2-15H,1H3,(H,27,28). The molecule has 0 aliphatic heterocycles. The Morgan fingerprint density at radius 1 is 0.857 bits per heavy atom. The van der Waals surface area contributed by atoms with Crippen molar-refractivity contribution in [2.75, 3.05) is 5.32 Å². The summed E-state index contributed by atoms with van der Waals surface area (Å²) in [7, 11) is 0. The number of aryl methyl sites for hydroxylation is 1. The second kappa shape index (κ2) is 8.13. The topological polar surface area (TPSA) is 29.1 Å². The largest absolute Gasteiger partial charge is 0.416 e. The number of hydrogen-bond donors (Lipinski definition) is 1. The summed E-state index contributed by atoms with van der Waals surface area (Å²) < 4.78 is 38.3. The quantitative estimate of drug-likeness (QED) is 0.423. The van der Waals surface area contributed by atoms with Gasteiger partial charge in [0.15, 0.2) is 0 Å². The van der Waals surface area contributed by atoms with Crippen LogP contribution < -0.4 is 5.32 Å². The van der Waals surface area contributed by atoms with Gasteiger partial charge in [-0.2, -0.15) is 13.2 Å². The van der Waals surface area contributed by atoms with E-state index in [4.69, 9.17) is 0 Å². The maximum absolute atomic E-state index is 12.9. The molecule has 1 amide bonds. The first-order chi connectivity index (χ1) is 13.3. The number of carbonyl (C=O) groups excluding carboxylic acids is 1. The lowest BCUT2D eigenvalue weighted by Gasteiger charge is -2.11. The van der Waals surface area contributed by atoms with E-state index in [1.165, 1.54) is 12.1 Å². The molecule has 3 rings (SSSR count). The molecule has 0 radical (unpaired) electrons. The van der Waals surface area contributed by atoms with Gasteiger partial charge in [-0.05, 0) is 48.4 Å². The van der Waals surface area contributed by atoms with Gasteiger partial charge >= 0.3 is 6.18 Å². The summed E-state index contributed by atoms with van der Waals surface area (Å²) in [6.07, 6.45) is -2.81. The van der Waals surface area contributed by atoms with Crippen LogP contribution in [0.2, 0.25) is 0 Å². The molecule has 0 spiro atoms. The average molecular weight is 381 g/mol. The molecular formula is C23H18F3NO. The number of hydrogen-bond acceptors (Lipinski definition) is 1. The molecule has 0 aromatic heterocycles. The number of benzene rings is 3. The zero-order valence-electron chi connectivity index (χ0n) is 15.1. The molecule has 1 N–H and O–H groups in total. The Bertz CT molecular complexity index is 973. The Morgan fingerprint density at radius 2 is 1.46 bits per heavy atom. The van der Waals surface area contributed by atoms with Crippen molar-refractivity contribution in [3.05, 3.63) is 101 Å².